The van der Waals surface area contributed by atoms with Crippen LogP contribution in [0.5, 0.6) is 0 Å². The number of rotatable bonds is 0. The Morgan fingerprint density at radius 2 is 2.00 bits per heavy atom. The Hall–Kier alpha value is -0.770. The predicted octanol–water partition coefficient (Wildman–Crippen LogP) is 1.62. The zero-order valence-corrected chi connectivity index (χ0v) is 10.3. The summed E-state index contributed by atoms with van der Waals surface area (Å²) in [6.07, 6.45) is 1.45. The molecular formula is C12H21NO3. The molecule has 0 bridgehead atoms. The van der Waals surface area contributed by atoms with E-state index in [1.165, 1.54) is 0 Å². The van der Waals surface area contributed by atoms with Gasteiger partial charge in [-0.1, -0.05) is 0 Å². The summed E-state index contributed by atoms with van der Waals surface area (Å²) in [6.45, 7) is 7.02. The molecule has 2 aliphatic rings. The van der Waals surface area contributed by atoms with Gasteiger partial charge in [-0.15, -0.1) is 0 Å². The van der Waals surface area contributed by atoms with Crippen molar-refractivity contribution in [3.8, 4) is 0 Å². The van der Waals surface area contributed by atoms with E-state index in [1.807, 2.05) is 20.8 Å². The van der Waals surface area contributed by atoms with Crippen LogP contribution in [0.15, 0.2) is 0 Å². The summed E-state index contributed by atoms with van der Waals surface area (Å²) in [5, 5.41) is 9.75. The number of carbonyl (C=O) groups excluding carboxylic acids is 1. The molecule has 1 saturated carbocycles. The minimum absolute atomic E-state index is 0.225. The molecule has 2 fully saturated rings. The maximum atomic E-state index is 11.8. The third-order valence-corrected chi connectivity index (χ3v) is 3.47. The first kappa shape index (κ1) is 11.7. The van der Waals surface area contributed by atoms with Gasteiger partial charge in [0.1, 0.15) is 5.60 Å². The standard InChI is InChI=1S/C12H21NO3/c1-12(2,3)16-11(15)13-6-8-4-5-10(14)9(8)7-13/h8-10,14H,4-7H2,1-3H3/t8-,9+,10+/m0/s1. The number of aliphatic hydroxyl groups excluding tert-OH is 1. The van der Waals surface area contributed by atoms with Crippen LogP contribution < -0.4 is 0 Å². The lowest BCUT2D eigenvalue weighted by molar-refractivity contribution is 0.0263. The highest BCUT2D eigenvalue weighted by Gasteiger charge is 2.44. The topological polar surface area (TPSA) is 49.8 Å². The first-order valence-electron chi connectivity index (χ1n) is 6.03. The van der Waals surface area contributed by atoms with E-state index in [-0.39, 0.29) is 18.1 Å². The van der Waals surface area contributed by atoms with Crippen LogP contribution in [0, 0.1) is 11.8 Å². The van der Waals surface area contributed by atoms with Gasteiger partial charge in [0.25, 0.3) is 0 Å². The number of aliphatic hydroxyl groups is 1. The van der Waals surface area contributed by atoms with E-state index in [2.05, 4.69) is 0 Å². The molecular weight excluding hydrogens is 206 g/mol. The molecule has 3 atom stereocenters. The summed E-state index contributed by atoms with van der Waals surface area (Å²) in [4.78, 5) is 13.6. The zero-order valence-electron chi connectivity index (χ0n) is 10.3. The minimum atomic E-state index is -0.437. The first-order chi connectivity index (χ1) is 7.37. The van der Waals surface area contributed by atoms with E-state index in [0.29, 0.717) is 12.5 Å². The Morgan fingerprint density at radius 3 is 2.56 bits per heavy atom. The molecule has 1 heterocycles. The number of nitrogens with zero attached hydrogens (tertiary/aromatic N) is 1. The van der Waals surface area contributed by atoms with Crippen molar-refractivity contribution < 1.29 is 14.6 Å². The van der Waals surface area contributed by atoms with Gasteiger partial charge in [0.2, 0.25) is 0 Å². The van der Waals surface area contributed by atoms with Gasteiger partial charge in [-0.05, 0) is 39.5 Å². The largest absolute Gasteiger partial charge is 0.444 e. The van der Waals surface area contributed by atoms with Gasteiger partial charge in [-0.3, -0.25) is 0 Å². The second-order valence-electron chi connectivity index (χ2n) is 5.95. The monoisotopic (exact) mass is 227 g/mol. The summed E-state index contributed by atoms with van der Waals surface area (Å²) >= 11 is 0. The first-order valence-corrected chi connectivity index (χ1v) is 6.03. The van der Waals surface area contributed by atoms with E-state index in [4.69, 9.17) is 4.74 Å². The highest BCUT2D eigenvalue weighted by Crippen LogP contribution is 2.38. The molecule has 0 aromatic carbocycles. The fourth-order valence-corrected chi connectivity index (χ4v) is 2.71. The number of fused-ring (bicyclic) bond motifs is 1. The summed E-state index contributed by atoms with van der Waals surface area (Å²) in [6, 6.07) is 0. The van der Waals surface area contributed by atoms with E-state index >= 15 is 0 Å². The molecule has 2 rings (SSSR count). The van der Waals surface area contributed by atoms with Crippen LogP contribution in [0.25, 0.3) is 0 Å². The Labute approximate surface area is 96.6 Å². The Morgan fingerprint density at radius 1 is 1.31 bits per heavy atom. The van der Waals surface area contributed by atoms with Crippen molar-refractivity contribution in [1.29, 1.82) is 0 Å². The molecule has 16 heavy (non-hydrogen) atoms. The van der Waals surface area contributed by atoms with Gasteiger partial charge in [0.05, 0.1) is 6.10 Å². The molecule has 0 unspecified atom stereocenters. The molecule has 1 aliphatic carbocycles. The van der Waals surface area contributed by atoms with Gasteiger partial charge >= 0.3 is 6.09 Å². The van der Waals surface area contributed by atoms with Crippen molar-refractivity contribution in [1.82, 2.24) is 4.90 Å². The predicted molar refractivity (Wildman–Crippen MR) is 60.0 cm³/mol. The van der Waals surface area contributed by atoms with E-state index < -0.39 is 5.60 Å². The molecule has 0 aromatic heterocycles. The fourth-order valence-electron chi connectivity index (χ4n) is 2.71. The number of ether oxygens (including phenoxy) is 1. The summed E-state index contributed by atoms with van der Waals surface area (Å²) in [7, 11) is 0. The average Bonchev–Trinajstić information content (AvgIpc) is 2.65. The lowest BCUT2D eigenvalue weighted by Crippen LogP contribution is -2.36. The van der Waals surface area contributed by atoms with Crippen LogP contribution >= 0.6 is 0 Å². The molecule has 1 saturated heterocycles. The second-order valence-corrected chi connectivity index (χ2v) is 5.95. The lowest BCUT2D eigenvalue weighted by Gasteiger charge is -2.25. The smallest absolute Gasteiger partial charge is 0.410 e. The molecule has 0 radical (unpaired) electrons. The van der Waals surface area contributed by atoms with Gasteiger partial charge in [-0.25, -0.2) is 4.79 Å². The summed E-state index contributed by atoms with van der Waals surface area (Å²) in [5.41, 5.74) is -0.437. The van der Waals surface area contributed by atoms with Crippen LogP contribution in [0.1, 0.15) is 33.6 Å². The molecule has 0 aromatic rings. The second kappa shape index (κ2) is 3.91. The zero-order chi connectivity index (χ0) is 11.9. The van der Waals surface area contributed by atoms with E-state index in [9.17, 15) is 9.90 Å². The highest BCUT2D eigenvalue weighted by atomic mass is 16.6. The van der Waals surface area contributed by atoms with E-state index in [1.54, 1.807) is 4.90 Å². The molecule has 1 aliphatic heterocycles. The lowest BCUT2D eigenvalue weighted by atomic mass is 10.00. The number of hydrogen-bond donors (Lipinski definition) is 1. The van der Waals surface area contributed by atoms with Crippen LogP contribution in [-0.2, 0) is 4.74 Å². The number of hydrogen-bond acceptors (Lipinski definition) is 3. The van der Waals surface area contributed by atoms with Crippen molar-refractivity contribution in [2.24, 2.45) is 11.8 Å². The molecule has 4 nitrogen and oxygen atoms in total. The van der Waals surface area contributed by atoms with Gasteiger partial charge in [-0.2, -0.15) is 0 Å². The third kappa shape index (κ3) is 2.32. The fraction of sp³-hybridized carbons (Fsp3) is 0.917. The maximum Gasteiger partial charge on any atom is 0.410 e. The van der Waals surface area contributed by atoms with Crippen LogP contribution in [-0.4, -0.2) is 40.9 Å². The van der Waals surface area contributed by atoms with Crippen LogP contribution in [0.4, 0.5) is 4.79 Å². The average molecular weight is 227 g/mol. The maximum absolute atomic E-state index is 11.8. The molecule has 4 heteroatoms. The molecule has 1 N–H and O–H groups in total. The molecule has 1 amide bonds. The van der Waals surface area contributed by atoms with Crippen molar-refractivity contribution in [2.75, 3.05) is 13.1 Å². The molecule has 92 valence electrons. The highest BCUT2D eigenvalue weighted by molar-refractivity contribution is 5.68. The Balaban J connectivity index is 1.92. The van der Waals surface area contributed by atoms with Gasteiger partial charge in [0.15, 0.2) is 0 Å². The minimum Gasteiger partial charge on any atom is -0.444 e. The van der Waals surface area contributed by atoms with Gasteiger partial charge < -0.3 is 14.7 Å². The Kier molecular flexibility index (Phi) is 2.86. The quantitative estimate of drug-likeness (QED) is 0.684. The van der Waals surface area contributed by atoms with Crippen LogP contribution in [0.2, 0.25) is 0 Å². The summed E-state index contributed by atoms with van der Waals surface area (Å²) in [5.74, 6) is 0.745. The van der Waals surface area contributed by atoms with E-state index in [0.717, 1.165) is 19.4 Å². The summed E-state index contributed by atoms with van der Waals surface area (Å²) < 4.78 is 5.33. The molecule has 0 spiro atoms. The normalized spacial score (nSPS) is 34.0. The van der Waals surface area contributed by atoms with Crippen molar-refractivity contribution in [2.45, 2.75) is 45.3 Å². The number of likely N-dealkylation sites (tertiary alicyclic amines) is 1. The van der Waals surface area contributed by atoms with Crippen LogP contribution in [0.3, 0.4) is 0 Å². The third-order valence-electron chi connectivity index (χ3n) is 3.47. The number of amides is 1. The van der Waals surface area contributed by atoms with Crippen molar-refractivity contribution in [3.05, 3.63) is 0 Å². The van der Waals surface area contributed by atoms with Crippen molar-refractivity contribution >= 4 is 6.09 Å². The SMILES string of the molecule is CC(C)(C)OC(=O)N1C[C@@H]2CC[C@@H](O)[C@@H]2C1. The van der Waals surface area contributed by atoms with Gasteiger partial charge in [0, 0.05) is 19.0 Å². The Bertz CT molecular complexity index is 284. The number of carbonyl (C=O) groups is 1. The van der Waals surface area contributed by atoms with Crippen molar-refractivity contribution in [3.63, 3.8) is 0 Å².